The molecule has 1 heterocycles. The lowest BCUT2D eigenvalue weighted by atomic mass is 10.1. The number of fused-ring (bicyclic) bond motifs is 1. The van der Waals surface area contributed by atoms with E-state index in [1.54, 1.807) is 12.1 Å². The molecule has 0 bridgehead atoms. The quantitative estimate of drug-likeness (QED) is 0.526. The Morgan fingerprint density at radius 1 is 1.14 bits per heavy atom. The summed E-state index contributed by atoms with van der Waals surface area (Å²) in [5, 5.41) is 10.8. The molecule has 0 aliphatic heterocycles. The summed E-state index contributed by atoms with van der Waals surface area (Å²) in [6, 6.07) is 10.6. The summed E-state index contributed by atoms with van der Waals surface area (Å²) in [6.07, 6.45) is 3.69. The highest BCUT2D eigenvalue weighted by Gasteiger charge is 2.10. The first kappa shape index (κ1) is 14.0. The average Bonchev–Trinajstić information content (AvgIpc) is 2.88. The molecule has 0 amide bonds. The molecule has 3 aromatic rings. The summed E-state index contributed by atoms with van der Waals surface area (Å²) in [5.74, 6) is 0.426. The van der Waals surface area contributed by atoms with Crippen LogP contribution >= 0.6 is 0 Å². The van der Waals surface area contributed by atoms with Gasteiger partial charge in [0.15, 0.2) is 5.58 Å². The van der Waals surface area contributed by atoms with Crippen molar-refractivity contribution in [3.63, 3.8) is 0 Å². The Morgan fingerprint density at radius 2 is 1.95 bits per heavy atom. The van der Waals surface area contributed by atoms with Crippen LogP contribution in [0, 0.1) is 24.0 Å². The maximum absolute atomic E-state index is 10.8. The number of aryl methyl sites for hydroxylation is 2. The molecule has 22 heavy (non-hydrogen) atoms. The third-order valence-electron chi connectivity index (χ3n) is 3.43. The van der Waals surface area contributed by atoms with Crippen molar-refractivity contribution in [3.8, 4) is 0 Å². The fourth-order valence-corrected chi connectivity index (χ4v) is 2.29. The molecule has 5 nitrogen and oxygen atoms in total. The molecule has 0 aliphatic rings. The van der Waals surface area contributed by atoms with Gasteiger partial charge in [0, 0.05) is 18.2 Å². The number of non-ortho nitro benzene ring substituents is 1. The molecule has 1 aromatic heterocycles. The van der Waals surface area contributed by atoms with E-state index < -0.39 is 4.92 Å². The second-order valence-corrected chi connectivity index (χ2v) is 5.15. The minimum Gasteiger partial charge on any atom is -0.437 e. The summed E-state index contributed by atoms with van der Waals surface area (Å²) >= 11 is 0. The van der Waals surface area contributed by atoms with Crippen molar-refractivity contribution < 1.29 is 9.34 Å². The zero-order chi connectivity index (χ0) is 15.7. The highest BCUT2D eigenvalue weighted by atomic mass is 16.6. The van der Waals surface area contributed by atoms with Crippen LogP contribution in [0.3, 0.4) is 0 Å². The normalized spacial score (nSPS) is 11.4. The number of hydrogen-bond donors (Lipinski definition) is 0. The van der Waals surface area contributed by atoms with Gasteiger partial charge >= 0.3 is 0 Å². The summed E-state index contributed by atoms with van der Waals surface area (Å²) in [7, 11) is 0. The van der Waals surface area contributed by atoms with Crippen molar-refractivity contribution in [1.82, 2.24) is 4.98 Å². The lowest BCUT2D eigenvalue weighted by molar-refractivity contribution is -0.384. The molecule has 0 unspecified atom stereocenters. The predicted octanol–water partition coefficient (Wildman–Crippen LogP) is 4.52. The SMILES string of the molecule is Cc1ccc(/C=C/c2nc3cc([N+](=O)[O-])ccc3o2)c(C)c1. The molecule has 0 spiro atoms. The second kappa shape index (κ2) is 5.44. The third kappa shape index (κ3) is 2.74. The van der Waals surface area contributed by atoms with E-state index >= 15 is 0 Å². The number of rotatable bonds is 3. The Morgan fingerprint density at radius 3 is 2.68 bits per heavy atom. The van der Waals surface area contributed by atoms with E-state index in [0.717, 1.165) is 5.56 Å². The highest BCUT2D eigenvalue weighted by Crippen LogP contribution is 2.22. The van der Waals surface area contributed by atoms with Crippen LogP contribution < -0.4 is 0 Å². The maximum atomic E-state index is 10.8. The van der Waals surface area contributed by atoms with Gasteiger partial charge in [-0.15, -0.1) is 0 Å². The van der Waals surface area contributed by atoms with Crippen molar-refractivity contribution in [2.24, 2.45) is 0 Å². The van der Waals surface area contributed by atoms with E-state index in [0.29, 0.717) is 17.0 Å². The molecule has 0 aliphatic carbocycles. The average molecular weight is 294 g/mol. The summed E-state index contributed by atoms with van der Waals surface area (Å²) < 4.78 is 5.57. The van der Waals surface area contributed by atoms with Gasteiger partial charge in [-0.1, -0.05) is 23.8 Å². The number of aromatic nitrogens is 1. The summed E-state index contributed by atoms with van der Waals surface area (Å²) in [5.41, 5.74) is 4.48. The second-order valence-electron chi connectivity index (χ2n) is 5.15. The molecule has 0 N–H and O–H groups in total. The largest absolute Gasteiger partial charge is 0.437 e. The molecule has 0 saturated heterocycles. The van der Waals surface area contributed by atoms with E-state index in [1.807, 2.05) is 32.1 Å². The lowest BCUT2D eigenvalue weighted by Gasteiger charge is -2.00. The molecule has 5 heteroatoms. The molecule has 0 saturated carbocycles. The fraction of sp³-hybridized carbons (Fsp3) is 0.118. The van der Waals surface area contributed by atoms with Gasteiger partial charge in [-0.25, -0.2) is 4.98 Å². The summed E-state index contributed by atoms with van der Waals surface area (Å²) in [6.45, 7) is 4.09. The van der Waals surface area contributed by atoms with Crippen LogP contribution in [0.5, 0.6) is 0 Å². The Kier molecular flexibility index (Phi) is 3.47. The van der Waals surface area contributed by atoms with Gasteiger partial charge in [-0.2, -0.15) is 0 Å². The minimum absolute atomic E-state index is 0.00529. The Labute approximate surface area is 127 Å². The number of oxazole rings is 1. The Bertz CT molecular complexity index is 894. The number of hydrogen-bond acceptors (Lipinski definition) is 4. The zero-order valence-corrected chi connectivity index (χ0v) is 12.2. The fourth-order valence-electron chi connectivity index (χ4n) is 2.29. The van der Waals surface area contributed by atoms with Gasteiger partial charge in [0.1, 0.15) is 5.52 Å². The van der Waals surface area contributed by atoms with Crippen molar-refractivity contribution in [2.75, 3.05) is 0 Å². The first-order chi connectivity index (χ1) is 10.5. The molecule has 0 radical (unpaired) electrons. The van der Waals surface area contributed by atoms with Crippen molar-refractivity contribution in [3.05, 3.63) is 69.1 Å². The molecule has 3 rings (SSSR count). The van der Waals surface area contributed by atoms with Crippen molar-refractivity contribution in [1.29, 1.82) is 0 Å². The Balaban J connectivity index is 1.93. The number of nitro groups is 1. The highest BCUT2D eigenvalue weighted by molar-refractivity contribution is 5.78. The van der Waals surface area contributed by atoms with Crippen LogP contribution in [0.15, 0.2) is 40.8 Å². The van der Waals surface area contributed by atoms with Crippen LogP contribution in [-0.4, -0.2) is 9.91 Å². The van der Waals surface area contributed by atoms with Crippen LogP contribution in [0.2, 0.25) is 0 Å². The van der Waals surface area contributed by atoms with E-state index in [4.69, 9.17) is 4.42 Å². The van der Waals surface area contributed by atoms with Crippen molar-refractivity contribution >= 4 is 28.9 Å². The molecular formula is C17H14N2O3. The van der Waals surface area contributed by atoms with Gasteiger partial charge in [0.2, 0.25) is 5.89 Å². The molecule has 110 valence electrons. The van der Waals surface area contributed by atoms with E-state index in [2.05, 4.69) is 11.1 Å². The van der Waals surface area contributed by atoms with E-state index in [1.165, 1.54) is 23.3 Å². The lowest BCUT2D eigenvalue weighted by Crippen LogP contribution is -1.86. The minimum atomic E-state index is -0.445. The van der Waals surface area contributed by atoms with Crippen molar-refractivity contribution in [2.45, 2.75) is 13.8 Å². The van der Waals surface area contributed by atoms with E-state index in [-0.39, 0.29) is 5.69 Å². The van der Waals surface area contributed by atoms with Crippen LogP contribution in [0.25, 0.3) is 23.3 Å². The first-order valence-corrected chi connectivity index (χ1v) is 6.83. The third-order valence-corrected chi connectivity index (χ3v) is 3.43. The van der Waals surface area contributed by atoms with Crippen LogP contribution in [0.1, 0.15) is 22.6 Å². The van der Waals surface area contributed by atoms with E-state index in [9.17, 15) is 10.1 Å². The van der Waals surface area contributed by atoms with Gasteiger partial charge in [0.05, 0.1) is 4.92 Å². The molecule has 0 atom stereocenters. The molecular weight excluding hydrogens is 280 g/mol. The predicted molar refractivity (Wildman–Crippen MR) is 85.5 cm³/mol. The topological polar surface area (TPSA) is 69.2 Å². The first-order valence-electron chi connectivity index (χ1n) is 6.83. The maximum Gasteiger partial charge on any atom is 0.271 e. The summed E-state index contributed by atoms with van der Waals surface area (Å²) in [4.78, 5) is 14.6. The zero-order valence-electron chi connectivity index (χ0n) is 12.2. The monoisotopic (exact) mass is 294 g/mol. The number of nitrogens with zero attached hydrogens (tertiary/aromatic N) is 2. The number of nitro benzene ring substituents is 1. The van der Waals surface area contributed by atoms with Gasteiger partial charge in [-0.05, 0) is 37.1 Å². The van der Waals surface area contributed by atoms with Crippen LogP contribution in [0.4, 0.5) is 5.69 Å². The smallest absolute Gasteiger partial charge is 0.271 e. The number of benzene rings is 2. The van der Waals surface area contributed by atoms with Crippen LogP contribution in [-0.2, 0) is 0 Å². The standard InChI is InChI=1S/C17H14N2O3/c1-11-3-4-13(12(2)9-11)5-8-17-18-15-10-14(19(20)21)6-7-16(15)22-17/h3-10H,1-2H3/b8-5+. The molecule has 2 aromatic carbocycles. The van der Waals surface area contributed by atoms with Gasteiger partial charge in [0.25, 0.3) is 5.69 Å². The molecule has 0 fully saturated rings. The van der Waals surface area contributed by atoms with Gasteiger partial charge < -0.3 is 4.42 Å². The Hall–Kier alpha value is -2.95. The van der Waals surface area contributed by atoms with Gasteiger partial charge in [-0.3, -0.25) is 10.1 Å².